The lowest BCUT2D eigenvalue weighted by Crippen LogP contribution is -2.45. The normalized spacial score (nSPS) is 12.0. The molecule has 3 nitrogen and oxygen atoms in total. The van der Waals surface area contributed by atoms with Crippen molar-refractivity contribution in [3.63, 3.8) is 0 Å². The molecule has 7 heteroatoms. The second-order valence-electron chi connectivity index (χ2n) is 4.65. The first-order valence-corrected chi connectivity index (χ1v) is 6.87. The molecule has 0 aliphatic carbocycles. The highest BCUT2D eigenvalue weighted by Gasteiger charge is 2.40. The first kappa shape index (κ1) is 17.4. The molecule has 1 rings (SSSR count). The van der Waals surface area contributed by atoms with Crippen molar-refractivity contribution in [3.05, 3.63) is 29.8 Å². The molecule has 1 aromatic carbocycles. The van der Waals surface area contributed by atoms with Crippen LogP contribution >= 0.6 is 12.2 Å². The molecule has 21 heavy (non-hydrogen) atoms. The number of hydrogen-bond donors (Lipinski definition) is 2. The molecule has 0 radical (unpaired) electrons. The van der Waals surface area contributed by atoms with E-state index < -0.39 is 23.1 Å². The Morgan fingerprint density at radius 3 is 2.19 bits per heavy atom. The fourth-order valence-corrected chi connectivity index (χ4v) is 2.49. The Labute approximate surface area is 126 Å². The molecule has 0 saturated heterocycles. The topological polar surface area (TPSA) is 55.1 Å². The van der Waals surface area contributed by atoms with Crippen molar-refractivity contribution in [2.45, 2.75) is 32.9 Å². The van der Waals surface area contributed by atoms with Gasteiger partial charge in [0.2, 0.25) is 5.91 Å². The van der Waals surface area contributed by atoms with Crippen LogP contribution in [0.15, 0.2) is 24.3 Å². The summed E-state index contributed by atoms with van der Waals surface area (Å²) in [4.78, 5) is 12.4. The number of rotatable bonds is 5. The predicted molar refractivity (Wildman–Crippen MR) is 79.9 cm³/mol. The van der Waals surface area contributed by atoms with Crippen LogP contribution in [0.4, 0.5) is 18.9 Å². The Kier molecular flexibility index (Phi) is 5.33. The van der Waals surface area contributed by atoms with E-state index in [1.807, 2.05) is 0 Å². The number of nitrogens with two attached hydrogens (primary N) is 1. The maximum absolute atomic E-state index is 12.9. The second kappa shape index (κ2) is 6.43. The summed E-state index contributed by atoms with van der Waals surface area (Å²) < 4.78 is 38.7. The molecule has 116 valence electrons. The van der Waals surface area contributed by atoms with Gasteiger partial charge >= 0.3 is 6.18 Å². The first-order valence-electron chi connectivity index (χ1n) is 6.46. The summed E-state index contributed by atoms with van der Waals surface area (Å²) >= 11 is 4.92. The lowest BCUT2D eigenvalue weighted by Gasteiger charge is -2.29. The summed E-state index contributed by atoms with van der Waals surface area (Å²) in [5.74, 6) is -0.614. The molecule has 3 N–H and O–H groups in total. The number of para-hydroxylation sites is 1. The SMILES string of the molecule is CCC(CC)(C(=O)Nc1ccccc1C(F)(F)F)C(N)=S. The summed E-state index contributed by atoms with van der Waals surface area (Å²) in [5, 5.41) is 2.31. The van der Waals surface area contributed by atoms with E-state index in [2.05, 4.69) is 5.32 Å². The molecule has 0 fully saturated rings. The van der Waals surface area contributed by atoms with E-state index >= 15 is 0 Å². The Morgan fingerprint density at radius 2 is 1.76 bits per heavy atom. The number of halogens is 3. The van der Waals surface area contributed by atoms with Crippen molar-refractivity contribution in [3.8, 4) is 0 Å². The minimum atomic E-state index is -4.55. The molecule has 0 aliphatic rings. The van der Waals surface area contributed by atoms with Crippen LogP contribution in [0, 0.1) is 5.41 Å². The average Bonchev–Trinajstić information content (AvgIpc) is 2.39. The molecular formula is C14H17F3N2OS. The Balaban J connectivity index is 3.17. The number of anilines is 1. The summed E-state index contributed by atoms with van der Waals surface area (Å²) in [6, 6.07) is 4.80. The summed E-state index contributed by atoms with van der Waals surface area (Å²) in [6.07, 6.45) is -3.91. The van der Waals surface area contributed by atoms with Crippen molar-refractivity contribution in [2.24, 2.45) is 11.1 Å². The first-order chi connectivity index (χ1) is 9.69. The van der Waals surface area contributed by atoms with E-state index in [-0.39, 0.29) is 10.7 Å². The zero-order chi connectivity index (χ0) is 16.3. The van der Waals surface area contributed by atoms with Crippen LogP contribution in [0.3, 0.4) is 0 Å². The van der Waals surface area contributed by atoms with Gasteiger partial charge in [-0.15, -0.1) is 0 Å². The van der Waals surface area contributed by atoms with Gasteiger partial charge < -0.3 is 11.1 Å². The van der Waals surface area contributed by atoms with E-state index in [0.29, 0.717) is 12.8 Å². The maximum atomic E-state index is 12.9. The molecule has 0 spiro atoms. The minimum Gasteiger partial charge on any atom is -0.392 e. The van der Waals surface area contributed by atoms with Gasteiger partial charge in [-0.2, -0.15) is 13.2 Å². The molecule has 1 amide bonds. The van der Waals surface area contributed by atoms with Crippen molar-refractivity contribution in [1.82, 2.24) is 0 Å². The van der Waals surface area contributed by atoms with E-state index in [1.54, 1.807) is 13.8 Å². The quantitative estimate of drug-likeness (QED) is 0.813. The molecular weight excluding hydrogens is 301 g/mol. The molecule has 0 heterocycles. The van der Waals surface area contributed by atoms with Crippen molar-refractivity contribution >= 4 is 28.8 Å². The lowest BCUT2D eigenvalue weighted by atomic mass is 9.81. The third kappa shape index (κ3) is 3.53. The summed E-state index contributed by atoms with van der Waals surface area (Å²) in [6.45, 7) is 3.44. The van der Waals surface area contributed by atoms with Crippen LogP contribution in [0.5, 0.6) is 0 Å². The maximum Gasteiger partial charge on any atom is 0.418 e. The average molecular weight is 318 g/mol. The molecule has 0 atom stereocenters. The third-order valence-electron chi connectivity index (χ3n) is 3.59. The van der Waals surface area contributed by atoms with Crippen LogP contribution in [-0.4, -0.2) is 10.9 Å². The highest BCUT2D eigenvalue weighted by molar-refractivity contribution is 7.80. The Morgan fingerprint density at radius 1 is 1.24 bits per heavy atom. The van der Waals surface area contributed by atoms with Crippen LogP contribution < -0.4 is 11.1 Å². The van der Waals surface area contributed by atoms with Crippen LogP contribution in [0.25, 0.3) is 0 Å². The van der Waals surface area contributed by atoms with Gasteiger partial charge in [-0.3, -0.25) is 4.79 Å². The largest absolute Gasteiger partial charge is 0.418 e. The molecule has 1 aromatic rings. The number of carbonyl (C=O) groups excluding carboxylic acids is 1. The number of hydrogen-bond acceptors (Lipinski definition) is 2. The Bertz CT molecular complexity index is 539. The van der Waals surface area contributed by atoms with Gasteiger partial charge in [0, 0.05) is 0 Å². The molecule has 0 saturated carbocycles. The van der Waals surface area contributed by atoms with Crippen LogP contribution in [0.2, 0.25) is 0 Å². The highest BCUT2D eigenvalue weighted by atomic mass is 32.1. The van der Waals surface area contributed by atoms with Gasteiger partial charge in [-0.05, 0) is 25.0 Å². The van der Waals surface area contributed by atoms with E-state index in [4.69, 9.17) is 18.0 Å². The van der Waals surface area contributed by atoms with E-state index in [9.17, 15) is 18.0 Å². The molecule has 0 bridgehead atoms. The highest BCUT2D eigenvalue weighted by Crippen LogP contribution is 2.36. The minimum absolute atomic E-state index is 0.0190. The van der Waals surface area contributed by atoms with Crippen LogP contribution in [-0.2, 0) is 11.0 Å². The second-order valence-corrected chi connectivity index (χ2v) is 5.09. The van der Waals surface area contributed by atoms with Crippen molar-refractivity contribution in [2.75, 3.05) is 5.32 Å². The van der Waals surface area contributed by atoms with Gasteiger partial charge in [-0.1, -0.05) is 38.2 Å². The number of amides is 1. The zero-order valence-electron chi connectivity index (χ0n) is 11.8. The summed E-state index contributed by atoms with van der Waals surface area (Å²) in [7, 11) is 0. The number of thiocarbonyl (C=S) groups is 1. The van der Waals surface area contributed by atoms with Gasteiger partial charge in [0.15, 0.2) is 0 Å². The number of benzene rings is 1. The van der Waals surface area contributed by atoms with E-state index in [0.717, 1.165) is 6.07 Å². The zero-order valence-corrected chi connectivity index (χ0v) is 12.6. The standard InChI is InChI=1S/C14H17F3N2OS/c1-3-13(4-2,11(18)21)12(20)19-10-8-6-5-7-9(10)14(15,16)17/h5-8H,3-4H2,1-2H3,(H2,18,21)(H,19,20). The van der Waals surface area contributed by atoms with Crippen molar-refractivity contribution in [1.29, 1.82) is 0 Å². The number of carbonyl (C=O) groups is 1. The van der Waals surface area contributed by atoms with Gasteiger partial charge in [-0.25, -0.2) is 0 Å². The smallest absolute Gasteiger partial charge is 0.392 e. The van der Waals surface area contributed by atoms with Crippen molar-refractivity contribution < 1.29 is 18.0 Å². The third-order valence-corrected chi connectivity index (χ3v) is 3.98. The Hall–Kier alpha value is -1.63. The molecule has 0 aromatic heterocycles. The van der Waals surface area contributed by atoms with Gasteiger partial charge in [0.05, 0.1) is 21.7 Å². The summed E-state index contributed by atoms with van der Waals surface area (Å²) in [5.41, 5.74) is 3.28. The van der Waals surface area contributed by atoms with Gasteiger partial charge in [0.1, 0.15) is 0 Å². The number of nitrogens with one attached hydrogen (secondary N) is 1. The lowest BCUT2D eigenvalue weighted by molar-refractivity contribution is -0.137. The van der Waals surface area contributed by atoms with Gasteiger partial charge in [0.25, 0.3) is 0 Å². The van der Waals surface area contributed by atoms with E-state index in [1.165, 1.54) is 18.2 Å². The molecule has 0 aliphatic heterocycles. The fourth-order valence-electron chi connectivity index (χ4n) is 2.11. The predicted octanol–water partition coefficient (Wildman–Crippen LogP) is 3.74. The number of alkyl halides is 3. The molecule has 0 unspecified atom stereocenters. The van der Waals surface area contributed by atoms with Crippen LogP contribution in [0.1, 0.15) is 32.3 Å². The monoisotopic (exact) mass is 318 g/mol. The fraction of sp³-hybridized carbons (Fsp3) is 0.429.